The number of carboxylic acids is 1. The molecule has 0 bridgehead atoms. The zero-order valence-corrected chi connectivity index (χ0v) is 38.4. The van der Waals surface area contributed by atoms with Gasteiger partial charge in [-0.3, -0.25) is 63.1 Å². The number of aliphatic hydroxyl groups is 1. The van der Waals surface area contributed by atoms with Gasteiger partial charge < -0.3 is 29.4 Å². The molecule has 1 aromatic heterocycles. The molecule has 0 spiro atoms. The minimum atomic E-state index is -4.65. The number of thioether (sulfide) groups is 1. The Hall–Kier alpha value is -6.46. The van der Waals surface area contributed by atoms with E-state index in [-0.39, 0.29) is 88.3 Å². The number of aromatic nitrogens is 2. The summed E-state index contributed by atoms with van der Waals surface area (Å²) in [5, 5.41) is 30.3. The lowest BCUT2D eigenvalue weighted by atomic mass is 9.81. The van der Waals surface area contributed by atoms with E-state index in [1.54, 1.807) is 0 Å². The van der Waals surface area contributed by atoms with Gasteiger partial charge >= 0.3 is 19.5 Å². The second-order valence-corrected chi connectivity index (χ2v) is 19.7. The standard InChI is InChI=1S/C45H46N5O17PS/c1-22-19-50(45(61)46-40(22)55)38-17-32(53)35(67-38)21-65-68(62,63)64-12-13-69-36-18-37(54)49(43(36)58)20-23-2-4-24(5-3-23)41(56)47-48-42(57)25-6-9-28(44(59)60)31(14-25)39-29-10-7-26(51)15-33(29)66-34-16-27(52)8-11-30(34)39/h6-11,14-16,19,23-24,32,35-36,38,51,53H,2-5,12-13,17-18,20-21H2,1H3,(H,47,56)(H,48,57)(H,59,60)(H,62,63)(H,46,55,61)/t23?,24?,32-,35-,36?,38-/m1/s1. The van der Waals surface area contributed by atoms with Crippen LogP contribution in [0.3, 0.4) is 0 Å². The Balaban J connectivity index is 0.785. The Labute approximate surface area is 394 Å². The van der Waals surface area contributed by atoms with E-state index in [9.17, 15) is 63.1 Å². The smallest absolute Gasteiger partial charge is 0.472 e. The molecular formula is C45H46N5O17PS. The van der Waals surface area contributed by atoms with E-state index in [0.717, 1.165) is 16.3 Å². The van der Waals surface area contributed by atoms with Crippen molar-refractivity contribution in [1.29, 1.82) is 0 Å². The first-order chi connectivity index (χ1) is 32.8. The number of phenols is 1. The van der Waals surface area contributed by atoms with Gasteiger partial charge in [0.1, 0.15) is 29.4 Å². The fourth-order valence-corrected chi connectivity index (χ4v) is 10.6. The van der Waals surface area contributed by atoms with E-state index in [0.29, 0.717) is 42.2 Å². The average Bonchev–Trinajstić information content (AvgIpc) is 3.81. The first-order valence-electron chi connectivity index (χ1n) is 21.8. The summed E-state index contributed by atoms with van der Waals surface area (Å²) in [4.78, 5) is 115. The number of ether oxygens (including phenoxy) is 1. The molecule has 2 aromatic carbocycles. The quantitative estimate of drug-likeness (QED) is 0.0261. The normalized spacial score (nSPS) is 22.5. The number of carbonyl (C=O) groups is 5. The van der Waals surface area contributed by atoms with Gasteiger partial charge in [0.15, 0.2) is 5.43 Å². The van der Waals surface area contributed by atoms with Gasteiger partial charge in [-0.25, -0.2) is 14.2 Å². The maximum atomic E-state index is 13.4. The molecule has 3 aliphatic heterocycles. The summed E-state index contributed by atoms with van der Waals surface area (Å²) >= 11 is 1.08. The number of imide groups is 1. The fourth-order valence-electron chi connectivity index (χ4n) is 8.74. The van der Waals surface area contributed by atoms with Gasteiger partial charge in [0.05, 0.1) is 30.1 Å². The molecule has 22 nitrogen and oxygen atoms in total. The zero-order valence-electron chi connectivity index (χ0n) is 36.7. The van der Waals surface area contributed by atoms with Gasteiger partial charge in [0.2, 0.25) is 17.7 Å². The van der Waals surface area contributed by atoms with E-state index in [1.807, 2.05) is 0 Å². The predicted molar refractivity (Wildman–Crippen MR) is 244 cm³/mol. The number of rotatable bonds is 15. The van der Waals surface area contributed by atoms with Crippen LogP contribution >= 0.6 is 19.6 Å². The molecule has 3 fully saturated rings. The topological polar surface area (TPSA) is 323 Å². The number of likely N-dealkylation sites (tertiary alicyclic amines) is 1. The van der Waals surface area contributed by atoms with Crippen molar-refractivity contribution in [3.8, 4) is 28.2 Å². The highest BCUT2D eigenvalue weighted by Crippen LogP contribution is 2.45. The van der Waals surface area contributed by atoms with Crippen molar-refractivity contribution in [2.24, 2.45) is 11.8 Å². The summed E-state index contributed by atoms with van der Waals surface area (Å²) in [6.45, 7) is 0.768. The third kappa shape index (κ3) is 10.9. The van der Waals surface area contributed by atoms with E-state index in [2.05, 4.69) is 15.8 Å². The van der Waals surface area contributed by atoms with Gasteiger partial charge in [0.25, 0.3) is 11.5 Å². The van der Waals surface area contributed by atoms with Crippen molar-refractivity contribution < 1.29 is 67.0 Å². The number of phenolic OH excluding ortho intramolecular Hbond substituents is 1. The lowest BCUT2D eigenvalue weighted by molar-refractivity contribution is -0.139. The maximum absolute atomic E-state index is 13.4. The molecule has 1 saturated carbocycles. The van der Waals surface area contributed by atoms with Crippen molar-refractivity contribution in [1.82, 2.24) is 25.3 Å². The Morgan fingerprint density at radius 2 is 1.72 bits per heavy atom. The second kappa shape index (κ2) is 20.2. The van der Waals surface area contributed by atoms with Crippen LogP contribution in [0.5, 0.6) is 5.75 Å². The Morgan fingerprint density at radius 1 is 0.957 bits per heavy atom. The highest BCUT2D eigenvalue weighted by molar-refractivity contribution is 8.00. The molecule has 5 aliphatic rings. The van der Waals surface area contributed by atoms with Crippen LogP contribution < -0.4 is 27.5 Å². The molecule has 5 atom stereocenters. The summed E-state index contributed by atoms with van der Waals surface area (Å²) in [6, 6.07) is 12.2. The lowest BCUT2D eigenvalue weighted by Gasteiger charge is -2.30. The summed E-state index contributed by atoms with van der Waals surface area (Å²) in [5.41, 5.74) is 4.27. The van der Waals surface area contributed by atoms with Crippen LogP contribution in [-0.2, 0) is 32.7 Å². The maximum Gasteiger partial charge on any atom is 0.472 e. The molecule has 3 aromatic rings. The highest BCUT2D eigenvalue weighted by atomic mass is 32.2. The molecule has 364 valence electrons. The lowest BCUT2D eigenvalue weighted by Crippen LogP contribution is -2.45. The van der Waals surface area contributed by atoms with Crippen LogP contribution in [-0.4, -0.2) is 107 Å². The number of carboxylic acid groups (broad SMARTS) is 1. The summed E-state index contributed by atoms with van der Waals surface area (Å²) in [5.74, 6) is -3.80. The Morgan fingerprint density at radius 3 is 2.48 bits per heavy atom. The highest BCUT2D eigenvalue weighted by Gasteiger charge is 2.41. The largest absolute Gasteiger partial charge is 0.508 e. The number of aromatic amines is 1. The molecule has 2 aliphatic carbocycles. The predicted octanol–water partition coefficient (Wildman–Crippen LogP) is 3.04. The number of phosphoric acid groups is 1. The monoisotopic (exact) mass is 991 g/mol. The van der Waals surface area contributed by atoms with Crippen molar-refractivity contribution in [2.45, 2.75) is 69.1 Å². The van der Waals surface area contributed by atoms with Crippen LogP contribution in [0.15, 0.2) is 79.6 Å². The Kier molecular flexibility index (Phi) is 14.4. The van der Waals surface area contributed by atoms with Gasteiger partial charge in [0, 0.05) is 77.0 Å². The molecule has 69 heavy (non-hydrogen) atoms. The number of amides is 4. The molecule has 2 saturated heterocycles. The molecular weight excluding hydrogens is 946 g/mol. The number of fused-ring (bicyclic) bond motifs is 2. The average molecular weight is 992 g/mol. The number of hydrazine groups is 1. The molecule has 0 radical (unpaired) electrons. The van der Waals surface area contributed by atoms with E-state index >= 15 is 0 Å². The number of nitrogens with one attached hydrogen (secondary N) is 3. The first-order valence-corrected chi connectivity index (χ1v) is 24.3. The molecule has 4 amide bonds. The van der Waals surface area contributed by atoms with Crippen LogP contribution in [0.4, 0.5) is 0 Å². The number of hydrogen-bond acceptors (Lipinski definition) is 16. The molecule has 24 heteroatoms. The van der Waals surface area contributed by atoms with E-state index in [1.165, 1.54) is 72.6 Å². The summed E-state index contributed by atoms with van der Waals surface area (Å²) in [6.07, 6.45) is -0.240. The fraction of sp³-hybridized carbons (Fsp3) is 0.378. The number of aryl methyl sites for hydroxylation is 1. The van der Waals surface area contributed by atoms with Crippen molar-refractivity contribution in [3.05, 3.63) is 109 Å². The van der Waals surface area contributed by atoms with Gasteiger partial charge in [-0.15, -0.1) is 11.8 Å². The van der Waals surface area contributed by atoms with Crippen LogP contribution in [0.1, 0.15) is 71.0 Å². The van der Waals surface area contributed by atoms with Gasteiger partial charge in [-0.2, -0.15) is 0 Å². The second-order valence-electron chi connectivity index (χ2n) is 17.0. The molecule has 7 N–H and O–H groups in total. The number of aliphatic hydroxyl groups excluding tert-OH is 1. The third-order valence-electron chi connectivity index (χ3n) is 12.3. The van der Waals surface area contributed by atoms with Crippen LogP contribution in [0.25, 0.3) is 33.4 Å². The summed E-state index contributed by atoms with van der Waals surface area (Å²) < 4.78 is 35.2. The molecule has 4 heterocycles. The number of benzene rings is 3. The number of aromatic hydroxyl groups is 1. The van der Waals surface area contributed by atoms with Crippen LogP contribution in [0, 0.1) is 18.8 Å². The molecule has 2 unspecified atom stereocenters. The van der Waals surface area contributed by atoms with Crippen LogP contribution in [0.2, 0.25) is 0 Å². The molecule has 8 rings (SSSR count). The SMILES string of the molecule is Cc1cn([C@H]2C[C@@H](O)[C@@H](COP(=O)(O)OCCSC3CC(=O)N(CC4CCC(C(=O)NNC(=O)c5ccc(C(=O)O)c(-c6c7ccc(=O)cc-7oc7cc(O)ccc67)c5)CC4)C3=O)O2)c(=O)[nH]c1=O. The van der Waals surface area contributed by atoms with Gasteiger partial charge in [-0.05, 0) is 86.6 Å². The number of carbonyl (C=O) groups excluding carboxylic acids is 4. The number of H-pyrrole nitrogens is 1. The number of hydrogen-bond donors (Lipinski definition) is 7. The van der Waals surface area contributed by atoms with E-state index < -0.39 is 79.0 Å². The minimum Gasteiger partial charge on any atom is -0.508 e. The summed E-state index contributed by atoms with van der Waals surface area (Å²) in [7, 11) is -4.65. The number of nitrogens with zero attached hydrogens (tertiary/aromatic N) is 2. The number of aromatic carboxylic acids is 1. The Bertz CT molecular complexity index is 3060. The number of phosphoric ester groups is 1. The first kappa shape index (κ1) is 49.0. The minimum absolute atomic E-state index is 0.00901. The van der Waals surface area contributed by atoms with Crippen molar-refractivity contribution in [2.75, 3.05) is 25.5 Å². The zero-order chi connectivity index (χ0) is 49.3. The van der Waals surface area contributed by atoms with Gasteiger partial charge in [-0.1, -0.05) is 0 Å². The van der Waals surface area contributed by atoms with Crippen molar-refractivity contribution >= 4 is 60.2 Å². The van der Waals surface area contributed by atoms with Crippen molar-refractivity contribution in [3.63, 3.8) is 0 Å². The van der Waals surface area contributed by atoms with E-state index in [4.69, 9.17) is 18.2 Å². The third-order valence-corrected chi connectivity index (χ3v) is 14.5.